The molecule has 0 heterocycles. The van der Waals surface area contributed by atoms with Gasteiger partial charge >= 0.3 is 5.97 Å². The molecule has 0 aliphatic rings. The Bertz CT molecular complexity index is 477. The molecule has 0 saturated heterocycles. The van der Waals surface area contributed by atoms with Crippen molar-refractivity contribution in [2.45, 2.75) is 0 Å². The van der Waals surface area contributed by atoms with Crippen molar-refractivity contribution in [3.05, 3.63) is 35.1 Å². The number of aromatic carboxylic acids is 1. The maximum absolute atomic E-state index is 13.0. The Hall–Kier alpha value is -2.33. The molecule has 0 saturated carbocycles. The summed E-state index contributed by atoms with van der Waals surface area (Å²) in [6.45, 7) is 0. The molecule has 1 rings (SSSR count). The highest BCUT2D eigenvalue weighted by molar-refractivity contribution is 5.88. The molecular formula is C10H4FNO2. The number of nitrogens with zero attached hydrogens (tertiary/aromatic N) is 1. The van der Waals surface area contributed by atoms with Crippen molar-refractivity contribution in [2.24, 2.45) is 0 Å². The standard InChI is InChI=1S/C10H4FNO2/c11-9-4-3-8(10(13)14)6-7(9)2-1-5-12/h3-4,6H,(H,13,14). The number of nitriles is 1. The first-order valence-corrected chi connectivity index (χ1v) is 3.58. The fraction of sp³-hybridized carbons (Fsp3) is 0. The van der Waals surface area contributed by atoms with Gasteiger partial charge in [-0.3, -0.25) is 0 Å². The lowest BCUT2D eigenvalue weighted by Gasteiger charge is -1.96. The molecule has 0 aliphatic carbocycles. The summed E-state index contributed by atoms with van der Waals surface area (Å²) >= 11 is 0. The lowest BCUT2D eigenvalue weighted by atomic mass is 10.1. The summed E-state index contributed by atoms with van der Waals surface area (Å²) in [5.41, 5.74) is -0.153. The number of rotatable bonds is 1. The zero-order chi connectivity index (χ0) is 10.6. The Morgan fingerprint density at radius 3 is 2.79 bits per heavy atom. The second-order valence-electron chi connectivity index (χ2n) is 2.36. The quantitative estimate of drug-likeness (QED) is 0.679. The Kier molecular flexibility index (Phi) is 2.83. The Morgan fingerprint density at radius 1 is 1.50 bits per heavy atom. The van der Waals surface area contributed by atoms with Crippen LogP contribution < -0.4 is 0 Å². The molecule has 0 unspecified atom stereocenters. The van der Waals surface area contributed by atoms with Crippen LogP contribution in [0.2, 0.25) is 0 Å². The van der Waals surface area contributed by atoms with Crippen molar-refractivity contribution < 1.29 is 14.3 Å². The van der Waals surface area contributed by atoms with E-state index in [0.29, 0.717) is 0 Å². The van der Waals surface area contributed by atoms with Crippen molar-refractivity contribution in [3.8, 4) is 17.9 Å². The van der Waals surface area contributed by atoms with E-state index in [4.69, 9.17) is 10.4 Å². The van der Waals surface area contributed by atoms with Gasteiger partial charge in [0.05, 0.1) is 11.1 Å². The lowest BCUT2D eigenvalue weighted by Crippen LogP contribution is -1.97. The van der Waals surface area contributed by atoms with Crippen LogP contribution in [-0.2, 0) is 0 Å². The maximum atomic E-state index is 13.0. The number of hydrogen-bond donors (Lipinski definition) is 1. The zero-order valence-electron chi connectivity index (χ0n) is 6.91. The Balaban J connectivity index is 3.23. The van der Waals surface area contributed by atoms with Crippen molar-refractivity contribution in [1.29, 1.82) is 5.26 Å². The molecule has 0 radical (unpaired) electrons. The molecular weight excluding hydrogens is 185 g/mol. The summed E-state index contributed by atoms with van der Waals surface area (Å²) in [4.78, 5) is 10.5. The highest BCUT2D eigenvalue weighted by Gasteiger charge is 2.06. The van der Waals surface area contributed by atoms with Crippen LogP contribution in [0.15, 0.2) is 18.2 Å². The third-order valence-electron chi connectivity index (χ3n) is 1.47. The van der Waals surface area contributed by atoms with Gasteiger partial charge in [-0.2, -0.15) is 5.26 Å². The zero-order valence-corrected chi connectivity index (χ0v) is 6.91. The van der Waals surface area contributed by atoms with Gasteiger partial charge in [-0.05, 0) is 24.1 Å². The molecule has 1 N–H and O–H groups in total. The first-order chi connectivity index (χ1) is 6.65. The number of halogens is 1. The number of benzene rings is 1. The largest absolute Gasteiger partial charge is 0.478 e. The third kappa shape index (κ3) is 2.09. The predicted octanol–water partition coefficient (Wildman–Crippen LogP) is 1.40. The average molecular weight is 189 g/mol. The first-order valence-electron chi connectivity index (χ1n) is 3.58. The minimum absolute atomic E-state index is 0.0614. The van der Waals surface area contributed by atoms with Crippen LogP contribution in [0.5, 0.6) is 0 Å². The fourth-order valence-electron chi connectivity index (χ4n) is 0.849. The van der Waals surface area contributed by atoms with Gasteiger partial charge in [-0.1, -0.05) is 0 Å². The maximum Gasteiger partial charge on any atom is 0.335 e. The van der Waals surface area contributed by atoms with E-state index < -0.39 is 11.8 Å². The predicted molar refractivity (Wildman–Crippen MR) is 45.9 cm³/mol. The highest BCUT2D eigenvalue weighted by atomic mass is 19.1. The smallest absolute Gasteiger partial charge is 0.335 e. The summed E-state index contributed by atoms with van der Waals surface area (Å²) in [5.74, 6) is 2.40. The molecule has 0 fully saturated rings. The van der Waals surface area contributed by atoms with Gasteiger partial charge in [-0.25, -0.2) is 9.18 Å². The van der Waals surface area contributed by atoms with E-state index in [2.05, 4.69) is 5.92 Å². The fourth-order valence-corrected chi connectivity index (χ4v) is 0.849. The molecule has 0 amide bonds. The van der Waals surface area contributed by atoms with Gasteiger partial charge in [-0.15, -0.1) is 0 Å². The Labute approximate surface area is 79.4 Å². The van der Waals surface area contributed by atoms with Gasteiger partial charge < -0.3 is 5.11 Å². The second kappa shape index (κ2) is 4.06. The van der Waals surface area contributed by atoms with Gasteiger partial charge in [0, 0.05) is 5.92 Å². The molecule has 4 heteroatoms. The van der Waals surface area contributed by atoms with Gasteiger partial charge in [0.15, 0.2) is 6.07 Å². The van der Waals surface area contributed by atoms with Crippen molar-refractivity contribution in [1.82, 2.24) is 0 Å². The van der Waals surface area contributed by atoms with E-state index in [0.717, 1.165) is 18.2 Å². The topological polar surface area (TPSA) is 61.1 Å². The van der Waals surface area contributed by atoms with Gasteiger partial charge in [0.1, 0.15) is 5.82 Å². The summed E-state index contributed by atoms with van der Waals surface area (Å²) in [6, 6.07) is 4.74. The van der Waals surface area contributed by atoms with E-state index in [-0.39, 0.29) is 11.1 Å². The summed E-state index contributed by atoms with van der Waals surface area (Å²) in [6.07, 6.45) is 0. The average Bonchev–Trinajstić information content (AvgIpc) is 2.16. The molecule has 14 heavy (non-hydrogen) atoms. The number of carbonyl (C=O) groups is 1. The molecule has 0 bridgehead atoms. The normalized spacial score (nSPS) is 8.29. The minimum atomic E-state index is -1.16. The minimum Gasteiger partial charge on any atom is -0.478 e. The highest BCUT2D eigenvalue weighted by Crippen LogP contribution is 2.09. The van der Waals surface area contributed by atoms with E-state index in [1.165, 1.54) is 6.07 Å². The molecule has 1 aromatic rings. The van der Waals surface area contributed by atoms with Crippen LogP contribution in [0, 0.1) is 29.0 Å². The third-order valence-corrected chi connectivity index (χ3v) is 1.47. The molecule has 68 valence electrons. The van der Waals surface area contributed by atoms with Crippen molar-refractivity contribution >= 4 is 5.97 Å². The second-order valence-corrected chi connectivity index (χ2v) is 2.36. The molecule has 1 aromatic carbocycles. The van der Waals surface area contributed by atoms with Gasteiger partial charge in [0.25, 0.3) is 0 Å². The van der Waals surface area contributed by atoms with E-state index in [1.807, 2.05) is 5.92 Å². The number of hydrogen-bond acceptors (Lipinski definition) is 2. The summed E-state index contributed by atoms with van der Waals surface area (Å²) < 4.78 is 13.0. The van der Waals surface area contributed by atoms with Crippen LogP contribution in [0.1, 0.15) is 15.9 Å². The molecule has 0 spiro atoms. The summed E-state index contributed by atoms with van der Waals surface area (Å²) in [5, 5.41) is 16.7. The first kappa shape index (κ1) is 9.76. The molecule has 0 aromatic heterocycles. The monoisotopic (exact) mass is 189 g/mol. The van der Waals surface area contributed by atoms with Crippen LogP contribution in [0.3, 0.4) is 0 Å². The van der Waals surface area contributed by atoms with Crippen LogP contribution in [0.4, 0.5) is 4.39 Å². The van der Waals surface area contributed by atoms with E-state index >= 15 is 0 Å². The molecule has 0 aliphatic heterocycles. The van der Waals surface area contributed by atoms with Crippen molar-refractivity contribution in [3.63, 3.8) is 0 Å². The van der Waals surface area contributed by atoms with Crippen LogP contribution >= 0.6 is 0 Å². The summed E-state index contributed by atoms with van der Waals surface area (Å²) in [7, 11) is 0. The Morgan fingerprint density at radius 2 is 2.21 bits per heavy atom. The van der Waals surface area contributed by atoms with E-state index in [9.17, 15) is 9.18 Å². The van der Waals surface area contributed by atoms with Crippen LogP contribution in [-0.4, -0.2) is 11.1 Å². The van der Waals surface area contributed by atoms with Crippen molar-refractivity contribution in [2.75, 3.05) is 0 Å². The lowest BCUT2D eigenvalue weighted by molar-refractivity contribution is 0.0697. The SMILES string of the molecule is N#CC#Cc1cc(C(=O)O)ccc1F. The number of carboxylic acid groups (broad SMARTS) is 1. The molecule has 0 atom stereocenters. The van der Waals surface area contributed by atoms with Gasteiger partial charge in [0.2, 0.25) is 0 Å². The van der Waals surface area contributed by atoms with E-state index in [1.54, 1.807) is 0 Å². The molecule has 3 nitrogen and oxygen atoms in total. The number of carboxylic acids is 1. The van der Waals surface area contributed by atoms with Crippen LogP contribution in [0.25, 0.3) is 0 Å².